The van der Waals surface area contributed by atoms with Gasteiger partial charge in [-0.05, 0) is 45.7 Å². The molecule has 0 radical (unpaired) electrons. The van der Waals surface area contributed by atoms with E-state index < -0.39 is 0 Å². The first kappa shape index (κ1) is 15.9. The van der Waals surface area contributed by atoms with E-state index in [4.69, 9.17) is 0 Å². The summed E-state index contributed by atoms with van der Waals surface area (Å²) in [6.07, 6.45) is 2.44. The van der Waals surface area contributed by atoms with Crippen LogP contribution in [0.2, 0.25) is 0 Å². The molecule has 98 valence electrons. The maximum Gasteiger partial charge on any atom is 0.0102 e. The highest BCUT2D eigenvalue weighted by molar-refractivity contribution is 4.84. The third-order valence-corrected chi connectivity index (χ3v) is 3.87. The van der Waals surface area contributed by atoms with Gasteiger partial charge in [0.05, 0.1) is 0 Å². The van der Waals surface area contributed by atoms with Crippen molar-refractivity contribution in [1.82, 2.24) is 10.2 Å². The van der Waals surface area contributed by atoms with Crippen LogP contribution in [-0.2, 0) is 0 Å². The molecule has 2 nitrogen and oxygen atoms in total. The maximum absolute atomic E-state index is 3.61. The average molecular weight is 228 g/mol. The van der Waals surface area contributed by atoms with E-state index in [2.05, 4.69) is 58.8 Å². The highest BCUT2D eigenvalue weighted by atomic mass is 15.1. The van der Waals surface area contributed by atoms with Gasteiger partial charge in [0.1, 0.15) is 0 Å². The van der Waals surface area contributed by atoms with Crippen LogP contribution in [0, 0.1) is 5.41 Å². The zero-order valence-corrected chi connectivity index (χ0v) is 12.4. The van der Waals surface area contributed by atoms with Gasteiger partial charge in [-0.1, -0.05) is 27.7 Å². The second-order valence-corrected chi connectivity index (χ2v) is 5.84. The molecule has 0 bridgehead atoms. The summed E-state index contributed by atoms with van der Waals surface area (Å²) in [7, 11) is 2.24. The van der Waals surface area contributed by atoms with Crippen LogP contribution in [0.25, 0.3) is 0 Å². The highest BCUT2D eigenvalue weighted by Gasteiger charge is 2.27. The van der Waals surface area contributed by atoms with Crippen LogP contribution in [0.4, 0.5) is 0 Å². The Morgan fingerprint density at radius 1 is 1.19 bits per heavy atom. The van der Waals surface area contributed by atoms with E-state index in [0.29, 0.717) is 17.5 Å². The average Bonchev–Trinajstić information content (AvgIpc) is 2.23. The van der Waals surface area contributed by atoms with E-state index in [9.17, 15) is 0 Å². The molecule has 0 saturated heterocycles. The van der Waals surface area contributed by atoms with Crippen LogP contribution in [0.15, 0.2) is 0 Å². The molecule has 0 aromatic rings. The maximum atomic E-state index is 3.61. The molecule has 16 heavy (non-hydrogen) atoms. The summed E-state index contributed by atoms with van der Waals surface area (Å²) < 4.78 is 0. The molecule has 0 heterocycles. The van der Waals surface area contributed by atoms with Crippen molar-refractivity contribution in [3.8, 4) is 0 Å². The van der Waals surface area contributed by atoms with Gasteiger partial charge in [0.15, 0.2) is 0 Å². The lowest BCUT2D eigenvalue weighted by Gasteiger charge is -2.38. The number of hydrogen-bond donors (Lipinski definition) is 1. The fourth-order valence-corrected chi connectivity index (χ4v) is 1.88. The molecule has 0 fully saturated rings. The number of rotatable bonds is 8. The fourth-order valence-electron chi connectivity index (χ4n) is 1.88. The minimum absolute atomic E-state index is 0.327. The topological polar surface area (TPSA) is 15.3 Å². The molecule has 0 aliphatic carbocycles. The highest BCUT2D eigenvalue weighted by Crippen LogP contribution is 2.22. The van der Waals surface area contributed by atoms with Gasteiger partial charge in [-0.2, -0.15) is 0 Å². The predicted molar refractivity (Wildman–Crippen MR) is 73.9 cm³/mol. The largest absolute Gasteiger partial charge is 0.314 e. The van der Waals surface area contributed by atoms with Crippen molar-refractivity contribution in [1.29, 1.82) is 0 Å². The minimum atomic E-state index is 0.327. The van der Waals surface area contributed by atoms with Gasteiger partial charge < -0.3 is 10.2 Å². The molecule has 0 aliphatic rings. The van der Waals surface area contributed by atoms with E-state index in [-0.39, 0.29) is 0 Å². The second kappa shape index (κ2) is 7.29. The summed E-state index contributed by atoms with van der Waals surface area (Å²) >= 11 is 0. The van der Waals surface area contributed by atoms with Crippen LogP contribution in [0.5, 0.6) is 0 Å². The molecular weight excluding hydrogens is 196 g/mol. The van der Waals surface area contributed by atoms with Gasteiger partial charge in [0.25, 0.3) is 0 Å². The third-order valence-electron chi connectivity index (χ3n) is 3.87. The van der Waals surface area contributed by atoms with Gasteiger partial charge in [-0.25, -0.2) is 0 Å². The van der Waals surface area contributed by atoms with E-state index in [1.807, 2.05) is 0 Å². The van der Waals surface area contributed by atoms with Crippen LogP contribution >= 0.6 is 0 Å². The fraction of sp³-hybridized carbons (Fsp3) is 1.00. The van der Waals surface area contributed by atoms with Crippen molar-refractivity contribution in [3.05, 3.63) is 0 Å². The summed E-state index contributed by atoms with van der Waals surface area (Å²) in [4.78, 5) is 2.48. The lowest BCUT2D eigenvalue weighted by molar-refractivity contribution is 0.134. The first-order valence-corrected chi connectivity index (χ1v) is 6.78. The number of hydrogen-bond acceptors (Lipinski definition) is 2. The summed E-state index contributed by atoms with van der Waals surface area (Å²) in [5.41, 5.74) is 0.327. The Bertz CT molecular complexity index is 178. The van der Waals surface area contributed by atoms with Crippen LogP contribution in [-0.4, -0.2) is 37.1 Å². The van der Waals surface area contributed by atoms with E-state index in [1.165, 1.54) is 12.8 Å². The lowest BCUT2D eigenvalue weighted by Crippen LogP contribution is -2.47. The molecule has 0 spiro atoms. The van der Waals surface area contributed by atoms with Gasteiger partial charge in [0, 0.05) is 18.6 Å². The predicted octanol–water partition coefficient (Wildman–Crippen LogP) is 3.13. The SMILES string of the molecule is CCCNC(C)C(C)(C)CN(C)C(C)CC. The molecule has 2 unspecified atom stereocenters. The van der Waals surface area contributed by atoms with Crippen molar-refractivity contribution >= 4 is 0 Å². The monoisotopic (exact) mass is 228 g/mol. The Hall–Kier alpha value is -0.0800. The normalized spacial score (nSPS) is 16.5. The smallest absolute Gasteiger partial charge is 0.0102 e. The van der Waals surface area contributed by atoms with Gasteiger partial charge in [-0.15, -0.1) is 0 Å². The van der Waals surface area contributed by atoms with Crippen molar-refractivity contribution in [2.75, 3.05) is 20.1 Å². The summed E-state index contributed by atoms with van der Waals surface area (Å²) in [6.45, 7) is 16.1. The molecule has 0 saturated carbocycles. The van der Waals surface area contributed by atoms with Crippen LogP contribution < -0.4 is 5.32 Å². The molecule has 0 amide bonds. The molecular formula is C14H32N2. The van der Waals surface area contributed by atoms with Crippen molar-refractivity contribution < 1.29 is 0 Å². The zero-order chi connectivity index (χ0) is 12.8. The van der Waals surface area contributed by atoms with Crippen molar-refractivity contribution in [2.45, 2.75) is 66.5 Å². The quantitative estimate of drug-likeness (QED) is 0.686. The Balaban J connectivity index is 4.20. The zero-order valence-electron chi connectivity index (χ0n) is 12.4. The molecule has 1 N–H and O–H groups in total. The first-order chi connectivity index (χ1) is 7.35. The van der Waals surface area contributed by atoms with Gasteiger partial charge in [0.2, 0.25) is 0 Å². The summed E-state index contributed by atoms with van der Waals surface area (Å²) in [5.74, 6) is 0. The summed E-state index contributed by atoms with van der Waals surface area (Å²) in [5, 5.41) is 3.61. The van der Waals surface area contributed by atoms with Crippen molar-refractivity contribution in [3.63, 3.8) is 0 Å². The third kappa shape index (κ3) is 5.31. The standard InChI is InChI=1S/C14H32N2/c1-8-10-15-13(4)14(5,6)11-16(7)12(3)9-2/h12-13,15H,8-11H2,1-7H3. The van der Waals surface area contributed by atoms with Gasteiger partial charge in [-0.3, -0.25) is 0 Å². The Labute approximate surface area is 103 Å². The number of nitrogens with one attached hydrogen (secondary N) is 1. The van der Waals surface area contributed by atoms with E-state index in [0.717, 1.165) is 13.1 Å². The van der Waals surface area contributed by atoms with Gasteiger partial charge >= 0.3 is 0 Å². The van der Waals surface area contributed by atoms with Crippen LogP contribution in [0.1, 0.15) is 54.4 Å². The lowest BCUT2D eigenvalue weighted by atomic mass is 9.84. The van der Waals surface area contributed by atoms with E-state index >= 15 is 0 Å². The first-order valence-electron chi connectivity index (χ1n) is 6.78. The van der Waals surface area contributed by atoms with Crippen molar-refractivity contribution in [2.24, 2.45) is 5.41 Å². The Morgan fingerprint density at radius 2 is 1.75 bits per heavy atom. The molecule has 0 aromatic heterocycles. The molecule has 2 heteroatoms. The second-order valence-electron chi connectivity index (χ2n) is 5.84. The molecule has 2 atom stereocenters. The summed E-state index contributed by atoms with van der Waals surface area (Å²) in [6, 6.07) is 1.25. The Kier molecular flexibility index (Phi) is 7.25. The Morgan fingerprint density at radius 3 is 2.19 bits per heavy atom. The minimum Gasteiger partial charge on any atom is -0.314 e. The van der Waals surface area contributed by atoms with Crippen LogP contribution in [0.3, 0.4) is 0 Å². The molecule has 0 rings (SSSR count). The molecule has 0 aromatic carbocycles. The van der Waals surface area contributed by atoms with E-state index in [1.54, 1.807) is 0 Å². The number of nitrogens with zero attached hydrogens (tertiary/aromatic N) is 1. The molecule has 0 aliphatic heterocycles.